The van der Waals surface area contributed by atoms with Crippen LogP contribution in [-0.4, -0.2) is 50.1 Å². The van der Waals surface area contributed by atoms with Crippen molar-refractivity contribution in [3.05, 3.63) is 72.3 Å². The minimum atomic E-state index is -3.84. The number of hydrogen-bond acceptors (Lipinski definition) is 6. The molecule has 4 rings (SSSR count). The predicted molar refractivity (Wildman–Crippen MR) is 129 cm³/mol. The molecule has 0 aliphatic carbocycles. The third-order valence-electron chi connectivity index (χ3n) is 6.06. The van der Waals surface area contributed by atoms with Crippen LogP contribution in [0.4, 0.5) is 0 Å². The highest BCUT2D eigenvalue weighted by Gasteiger charge is 2.28. The Morgan fingerprint density at radius 3 is 2.38 bits per heavy atom. The van der Waals surface area contributed by atoms with Gasteiger partial charge in [0.15, 0.2) is 0 Å². The minimum Gasteiger partial charge on any atom is -0.489 e. The van der Waals surface area contributed by atoms with E-state index in [4.69, 9.17) is 9.94 Å². The summed E-state index contributed by atoms with van der Waals surface area (Å²) in [5, 5.41) is 11.4. The lowest BCUT2D eigenvalue weighted by Crippen LogP contribution is -2.53. The van der Waals surface area contributed by atoms with Crippen molar-refractivity contribution >= 4 is 26.7 Å². The van der Waals surface area contributed by atoms with Gasteiger partial charge in [0.2, 0.25) is 10.0 Å². The molecule has 9 heteroatoms. The van der Waals surface area contributed by atoms with Gasteiger partial charge < -0.3 is 4.74 Å². The first kappa shape index (κ1) is 24.2. The number of carbonyl (C=O) groups excluding carboxylic acids is 1. The lowest BCUT2D eigenvalue weighted by Gasteiger charge is -2.33. The van der Waals surface area contributed by atoms with E-state index in [0.717, 1.165) is 35.6 Å². The topological polar surface area (TPSA) is 108 Å². The number of nitrogens with zero attached hydrogens (tertiary/aromatic N) is 1. The van der Waals surface area contributed by atoms with E-state index in [1.807, 2.05) is 35.2 Å². The second-order valence-electron chi connectivity index (χ2n) is 8.38. The lowest BCUT2D eigenvalue weighted by molar-refractivity contribution is -0.135. The number of hydrogen-bond donors (Lipinski definition) is 3. The Morgan fingerprint density at radius 1 is 0.971 bits per heavy atom. The highest BCUT2D eigenvalue weighted by molar-refractivity contribution is 7.89. The first-order valence-corrected chi connectivity index (χ1v) is 12.8. The highest BCUT2D eigenvalue weighted by atomic mass is 32.2. The zero-order valence-electron chi connectivity index (χ0n) is 18.8. The molecule has 0 unspecified atom stereocenters. The maximum absolute atomic E-state index is 12.8. The molecule has 1 aliphatic heterocycles. The van der Waals surface area contributed by atoms with Crippen molar-refractivity contribution in [1.29, 1.82) is 0 Å². The van der Waals surface area contributed by atoms with Gasteiger partial charge in [-0.25, -0.2) is 18.6 Å². The predicted octanol–water partition coefficient (Wildman–Crippen LogP) is 3.06. The lowest BCUT2D eigenvalue weighted by atomic mass is 10.1. The summed E-state index contributed by atoms with van der Waals surface area (Å²) in [6, 6.07) is 19.6. The second-order valence-corrected chi connectivity index (χ2v) is 10.1. The third kappa shape index (κ3) is 5.92. The molecule has 1 fully saturated rings. The number of ether oxygens (including phenoxy) is 1. The molecule has 34 heavy (non-hydrogen) atoms. The van der Waals surface area contributed by atoms with Gasteiger partial charge in [0.25, 0.3) is 5.91 Å². The summed E-state index contributed by atoms with van der Waals surface area (Å²) in [5.74, 6) is -0.0694. The van der Waals surface area contributed by atoms with Crippen LogP contribution < -0.4 is 14.9 Å². The summed E-state index contributed by atoms with van der Waals surface area (Å²) in [6.07, 6.45) is 2.94. The van der Waals surface area contributed by atoms with E-state index in [-0.39, 0.29) is 11.4 Å². The van der Waals surface area contributed by atoms with Gasteiger partial charge in [0.05, 0.1) is 4.90 Å². The molecule has 180 valence electrons. The van der Waals surface area contributed by atoms with E-state index in [9.17, 15) is 13.2 Å². The van der Waals surface area contributed by atoms with Crippen molar-refractivity contribution in [1.82, 2.24) is 15.1 Å². The van der Waals surface area contributed by atoms with E-state index >= 15 is 0 Å². The summed E-state index contributed by atoms with van der Waals surface area (Å²) in [5.41, 5.74) is 2.67. The number of carbonyl (C=O) groups is 1. The van der Waals surface area contributed by atoms with Gasteiger partial charge in [0, 0.05) is 6.54 Å². The molecule has 3 N–H and O–H groups in total. The SMILES string of the molecule is O=C(NO)[C@H](CNS(=O)(=O)c1ccc(OCc2ccc3ccccc3c2)cc1)N1CCCCC1. The Morgan fingerprint density at radius 2 is 1.68 bits per heavy atom. The van der Waals surface area contributed by atoms with Gasteiger partial charge in [-0.05, 0) is 72.6 Å². The van der Waals surface area contributed by atoms with Crippen molar-refractivity contribution in [2.24, 2.45) is 0 Å². The van der Waals surface area contributed by atoms with Crippen LogP contribution in [0.3, 0.4) is 0 Å². The van der Waals surface area contributed by atoms with E-state index in [2.05, 4.69) is 16.9 Å². The van der Waals surface area contributed by atoms with Crippen molar-refractivity contribution < 1.29 is 23.2 Å². The molecule has 0 radical (unpaired) electrons. The summed E-state index contributed by atoms with van der Waals surface area (Å²) in [6.45, 7) is 1.60. The molecule has 3 aromatic rings. The molecule has 1 amide bonds. The summed E-state index contributed by atoms with van der Waals surface area (Å²) in [4.78, 5) is 14.1. The Kier molecular flexibility index (Phi) is 7.79. The molecule has 1 atom stereocenters. The summed E-state index contributed by atoms with van der Waals surface area (Å²) >= 11 is 0. The van der Waals surface area contributed by atoms with Gasteiger partial charge in [-0.15, -0.1) is 0 Å². The smallest absolute Gasteiger partial charge is 0.262 e. The maximum Gasteiger partial charge on any atom is 0.262 e. The number of amides is 1. The van der Waals surface area contributed by atoms with Gasteiger partial charge in [-0.2, -0.15) is 0 Å². The van der Waals surface area contributed by atoms with Crippen LogP contribution in [0.1, 0.15) is 24.8 Å². The molecule has 8 nitrogen and oxygen atoms in total. The molecule has 1 heterocycles. The maximum atomic E-state index is 12.8. The number of likely N-dealkylation sites (tertiary alicyclic amines) is 1. The quantitative estimate of drug-likeness (QED) is 0.319. The number of hydroxylamine groups is 1. The van der Waals surface area contributed by atoms with Crippen LogP contribution in [-0.2, 0) is 21.4 Å². The molecule has 0 spiro atoms. The first-order valence-electron chi connectivity index (χ1n) is 11.3. The Hall–Kier alpha value is -2.98. The molecular weight excluding hydrogens is 454 g/mol. The molecule has 0 saturated carbocycles. The highest BCUT2D eigenvalue weighted by Crippen LogP contribution is 2.20. The van der Waals surface area contributed by atoms with Crippen molar-refractivity contribution in [3.63, 3.8) is 0 Å². The Bertz CT molecular complexity index is 1220. The van der Waals surface area contributed by atoms with Gasteiger partial charge in [-0.1, -0.05) is 42.8 Å². The van der Waals surface area contributed by atoms with E-state index in [1.54, 1.807) is 17.6 Å². The largest absolute Gasteiger partial charge is 0.489 e. The monoisotopic (exact) mass is 483 g/mol. The van der Waals surface area contributed by atoms with E-state index < -0.39 is 22.0 Å². The van der Waals surface area contributed by atoms with Crippen LogP contribution in [0.15, 0.2) is 71.6 Å². The van der Waals surface area contributed by atoms with Crippen LogP contribution in [0, 0.1) is 0 Å². The van der Waals surface area contributed by atoms with Crippen LogP contribution in [0.2, 0.25) is 0 Å². The van der Waals surface area contributed by atoms with Crippen LogP contribution in [0.25, 0.3) is 10.8 Å². The van der Waals surface area contributed by atoms with E-state index in [0.29, 0.717) is 25.4 Å². The number of rotatable bonds is 9. The average molecular weight is 484 g/mol. The summed E-state index contributed by atoms with van der Waals surface area (Å²) in [7, 11) is -3.84. The van der Waals surface area contributed by atoms with Gasteiger partial charge in [-0.3, -0.25) is 14.9 Å². The van der Waals surface area contributed by atoms with Gasteiger partial charge >= 0.3 is 0 Å². The Balaban J connectivity index is 1.36. The van der Waals surface area contributed by atoms with Gasteiger partial charge in [0.1, 0.15) is 18.4 Å². The molecule has 3 aromatic carbocycles. The zero-order valence-corrected chi connectivity index (χ0v) is 19.6. The second kappa shape index (κ2) is 11.0. The fraction of sp³-hybridized carbons (Fsp3) is 0.320. The molecule has 1 aliphatic rings. The molecule has 1 saturated heterocycles. The fourth-order valence-corrected chi connectivity index (χ4v) is 5.21. The fourth-order valence-electron chi connectivity index (χ4n) is 4.17. The van der Waals surface area contributed by atoms with Crippen molar-refractivity contribution in [3.8, 4) is 5.75 Å². The van der Waals surface area contributed by atoms with E-state index in [1.165, 1.54) is 12.1 Å². The molecule has 0 bridgehead atoms. The number of sulfonamides is 1. The number of fused-ring (bicyclic) bond motifs is 1. The minimum absolute atomic E-state index is 0.0763. The normalized spacial score (nSPS) is 15.7. The number of piperidine rings is 1. The Labute approximate surface area is 199 Å². The standard InChI is InChI=1S/C25H29N3O5S/c29-25(27-30)24(28-14-4-1-5-15-28)17-26-34(31,32)23-12-10-22(11-13-23)33-18-19-8-9-20-6-2-3-7-21(20)16-19/h2-3,6-13,16,24,26,30H,1,4-5,14-15,17-18H2,(H,27,29)/t24-/m0/s1. The summed E-state index contributed by atoms with van der Waals surface area (Å²) < 4.78 is 33.9. The van der Waals surface area contributed by atoms with Crippen molar-refractivity contribution in [2.45, 2.75) is 36.8 Å². The molecule has 0 aromatic heterocycles. The molecular formula is C25H29N3O5S. The van der Waals surface area contributed by atoms with Crippen molar-refractivity contribution in [2.75, 3.05) is 19.6 Å². The number of benzene rings is 3. The number of nitrogens with one attached hydrogen (secondary N) is 2. The van der Waals surface area contributed by atoms with Crippen LogP contribution in [0.5, 0.6) is 5.75 Å². The first-order chi connectivity index (χ1) is 16.5. The third-order valence-corrected chi connectivity index (χ3v) is 7.50. The average Bonchev–Trinajstić information content (AvgIpc) is 2.88. The van der Waals surface area contributed by atoms with Crippen LogP contribution >= 0.6 is 0 Å². The zero-order chi connectivity index (χ0) is 24.0.